The van der Waals surface area contributed by atoms with Gasteiger partial charge < -0.3 is 14.0 Å². The molecule has 24 heavy (non-hydrogen) atoms. The van der Waals surface area contributed by atoms with Gasteiger partial charge >= 0.3 is 0 Å². The number of halogens is 1. The van der Waals surface area contributed by atoms with Crippen molar-refractivity contribution in [2.24, 2.45) is 0 Å². The molecule has 2 aromatic heterocycles. The molecule has 1 saturated heterocycles. The molecule has 3 aromatic rings. The molecule has 3 heterocycles. The molecule has 0 spiro atoms. The summed E-state index contributed by atoms with van der Waals surface area (Å²) in [5.41, 5.74) is 3.50. The van der Waals surface area contributed by atoms with Crippen molar-refractivity contribution in [2.75, 3.05) is 20.3 Å². The van der Waals surface area contributed by atoms with Gasteiger partial charge in [-0.05, 0) is 48.6 Å². The average molecular weight is 343 g/mol. The normalized spacial score (nSPS) is 15.8. The Labute approximate surface area is 146 Å². The molecule has 0 amide bonds. The molecule has 0 atom stereocenters. The highest BCUT2D eigenvalue weighted by atomic mass is 35.5. The quantitative estimate of drug-likeness (QED) is 0.699. The zero-order valence-corrected chi connectivity index (χ0v) is 14.3. The van der Waals surface area contributed by atoms with Crippen LogP contribution in [0.2, 0.25) is 5.02 Å². The minimum Gasteiger partial charge on any atom is -0.481 e. The van der Waals surface area contributed by atoms with Crippen molar-refractivity contribution >= 4 is 22.5 Å². The number of nitrogens with zero attached hydrogens (tertiary/aromatic N) is 2. The predicted molar refractivity (Wildman–Crippen MR) is 95.4 cm³/mol. The van der Waals surface area contributed by atoms with E-state index in [1.165, 1.54) is 10.9 Å². The van der Waals surface area contributed by atoms with Crippen LogP contribution in [0.1, 0.15) is 24.3 Å². The van der Waals surface area contributed by atoms with E-state index in [0.29, 0.717) is 11.8 Å². The minimum atomic E-state index is 0.502. The van der Waals surface area contributed by atoms with Crippen LogP contribution in [0.3, 0.4) is 0 Å². The van der Waals surface area contributed by atoms with Gasteiger partial charge in [-0.2, -0.15) is 0 Å². The Morgan fingerprint density at radius 2 is 1.96 bits per heavy atom. The highest BCUT2D eigenvalue weighted by Crippen LogP contribution is 2.36. The van der Waals surface area contributed by atoms with Crippen molar-refractivity contribution in [1.29, 1.82) is 0 Å². The Morgan fingerprint density at radius 1 is 1.21 bits per heavy atom. The molecule has 124 valence electrons. The number of hydrogen-bond donors (Lipinski definition) is 0. The molecule has 1 aliphatic heterocycles. The fourth-order valence-electron chi connectivity index (χ4n) is 3.39. The topological polar surface area (TPSA) is 36.3 Å². The van der Waals surface area contributed by atoms with Gasteiger partial charge in [0.25, 0.3) is 0 Å². The molecule has 5 heteroatoms. The number of aromatic nitrogens is 2. The van der Waals surface area contributed by atoms with Crippen LogP contribution in [0.4, 0.5) is 0 Å². The first-order chi connectivity index (χ1) is 11.8. The fourth-order valence-corrected chi connectivity index (χ4v) is 3.52. The van der Waals surface area contributed by atoms with Crippen LogP contribution in [0, 0.1) is 0 Å². The number of benzene rings is 1. The van der Waals surface area contributed by atoms with E-state index >= 15 is 0 Å². The summed E-state index contributed by atoms with van der Waals surface area (Å²) in [4.78, 5) is 4.39. The van der Waals surface area contributed by atoms with Crippen LogP contribution < -0.4 is 4.74 Å². The van der Waals surface area contributed by atoms with Crippen LogP contribution in [0.5, 0.6) is 5.88 Å². The molecule has 1 aliphatic rings. The van der Waals surface area contributed by atoms with Crippen LogP contribution in [-0.2, 0) is 4.74 Å². The Hall–Kier alpha value is -2.04. The predicted octanol–water partition coefficient (Wildman–Crippen LogP) is 4.58. The van der Waals surface area contributed by atoms with Gasteiger partial charge in [0.2, 0.25) is 5.88 Å². The largest absolute Gasteiger partial charge is 0.481 e. The summed E-state index contributed by atoms with van der Waals surface area (Å²) in [5, 5.41) is 1.93. The van der Waals surface area contributed by atoms with E-state index in [1.54, 1.807) is 7.11 Å². The number of ether oxygens (including phenoxy) is 2. The molecule has 1 aromatic carbocycles. The lowest BCUT2D eigenvalue weighted by Crippen LogP contribution is -2.13. The summed E-state index contributed by atoms with van der Waals surface area (Å²) < 4.78 is 13.0. The second-order valence-corrected chi connectivity index (χ2v) is 6.50. The van der Waals surface area contributed by atoms with Gasteiger partial charge in [-0.15, -0.1) is 0 Å². The number of rotatable bonds is 3. The summed E-state index contributed by atoms with van der Waals surface area (Å²) >= 11 is 6.03. The van der Waals surface area contributed by atoms with E-state index in [9.17, 15) is 0 Å². The monoisotopic (exact) mass is 342 g/mol. The number of fused-ring (bicyclic) bond motifs is 1. The smallest absolute Gasteiger partial charge is 0.213 e. The van der Waals surface area contributed by atoms with Gasteiger partial charge in [-0.1, -0.05) is 11.6 Å². The van der Waals surface area contributed by atoms with E-state index in [0.717, 1.165) is 42.3 Å². The van der Waals surface area contributed by atoms with Crippen LogP contribution >= 0.6 is 11.6 Å². The molecule has 0 radical (unpaired) electrons. The first-order valence-electron chi connectivity index (χ1n) is 8.15. The van der Waals surface area contributed by atoms with Gasteiger partial charge in [0.15, 0.2) is 0 Å². The first kappa shape index (κ1) is 15.5. The van der Waals surface area contributed by atoms with Gasteiger partial charge in [0.1, 0.15) is 0 Å². The molecule has 0 N–H and O–H groups in total. The van der Waals surface area contributed by atoms with Crippen LogP contribution in [0.25, 0.3) is 16.6 Å². The molecule has 0 aliphatic carbocycles. The van der Waals surface area contributed by atoms with Gasteiger partial charge in [-0.3, -0.25) is 0 Å². The Balaban J connectivity index is 1.89. The van der Waals surface area contributed by atoms with Gasteiger partial charge in [-0.25, -0.2) is 4.98 Å². The van der Waals surface area contributed by atoms with E-state index in [-0.39, 0.29) is 0 Å². The van der Waals surface area contributed by atoms with Crippen molar-refractivity contribution in [3.63, 3.8) is 0 Å². The summed E-state index contributed by atoms with van der Waals surface area (Å²) in [6, 6.07) is 9.91. The molecular formula is C19H19ClN2O2. The first-order valence-corrected chi connectivity index (χ1v) is 8.53. The number of hydrogen-bond acceptors (Lipinski definition) is 3. The third-order valence-corrected chi connectivity index (χ3v) is 4.92. The highest BCUT2D eigenvalue weighted by Gasteiger charge is 2.21. The summed E-state index contributed by atoms with van der Waals surface area (Å²) in [6.07, 6.45) is 6.20. The van der Waals surface area contributed by atoms with Gasteiger partial charge in [0, 0.05) is 41.6 Å². The van der Waals surface area contributed by atoms with Crippen molar-refractivity contribution < 1.29 is 9.47 Å². The zero-order valence-electron chi connectivity index (χ0n) is 13.5. The van der Waals surface area contributed by atoms with Crippen LogP contribution in [-0.4, -0.2) is 29.9 Å². The lowest BCUT2D eigenvalue weighted by Gasteiger charge is -2.21. The maximum atomic E-state index is 6.03. The van der Waals surface area contributed by atoms with Crippen molar-refractivity contribution in [3.05, 3.63) is 53.3 Å². The summed E-state index contributed by atoms with van der Waals surface area (Å²) in [6.45, 7) is 1.64. The van der Waals surface area contributed by atoms with Crippen LogP contribution in [0.15, 0.2) is 42.7 Å². The Kier molecular flexibility index (Phi) is 4.17. The molecule has 0 saturated carbocycles. The molecule has 4 rings (SSSR count). The van der Waals surface area contributed by atoms with Crippen molar-refractivity contribution in [3.8, 4) is 11.6 Å². The molecule has 1 fully saturated rings. The van der Waals surface area contributed by atoms with Crippen molar-refractivity contribution in [2.45, 2.75) is 18.8 Å². The van der Waals surface area contributed by atoms with Gasteiger partial charge in [0.05, 0.1) is 18.8 Å². The maximum Gasteiger partial charge on any atom is 0.213 e. The van der Waals surface area contributed by atoms with E-state index in [1.807, 2.05) is 36.5 Å². The zero-order chi connectivity index (χ0) is 16.5. The fraction of sp³-hybridized carbons (Fsp3) is 0.316. The average Bonchev–Trinajstić information content (AvgIpc) is 3.02. The summed E-state index contributed by atoms with van der Waals surface area (Å²) in [7, 11) is 1.65. The summed E-state index contributed by atoms with van der Waals surface area (Å²) in [5.74, 6) is 1.14. The molecule has 4 nitrogen and oxygen atoms in total. The van der Waals surface area contributed by atoms with Crippen molar-refractivity contribution in [1.82, 2.24) is 9.55 Å². The number of methoxy groups -OCH3 is 1. The Bertz CT molecular complexity index is 852. The van der Waals surface area contributed by atoms with E-state index in [4.69, 9.17) is 21.1 Å². The number of pyridine rings is 1. The standard InChI is InChI=1S/C19H19ClN2O2/c1-23-19-10-16-17(13-6-8-24-9-7-13)12-22(18(16)11-21-19)15-4-2-14(20)3-5-15/h2-5,10-13H,6-9H2,1H3. The lowest BCUT2D eigenvalue weighted by molar-refractivity contribution is 0.0856. The maximum absolute atomic E-state index is 6.03. The second kappa shape index (κ2) is 6.46. The third kappa shape index (κ3) is 2.76. The third-order valence-electron chi connectivity index (χ3n) is 4.67. The minimum absolute atomic E-state index is 0.502. The molecule has 0 unspecified atom stereocenters. The van der Waals surface area contributed by atoms with E-state index in [2.05, 4.69) is 15.7 Å². The molecular weight excluding hydrogens is 324 g/mol. The highest BCUT2D eigenvalue weighted by molar-refractivity contribution is 6.30. The lowest BCUT2D eigenvalue weighted by atomic mass is 9.92. The Morgan fingerprint density at radius 3 is 2.67 bits per heavy atom. The SMILES string of the molecule is COc1cc2c(C3CCOCC3)cn(-c3ccc(Cl)cc3)c2cn1. The molecule has 0 bridgehead atoms. The second-order valence-electron chi connectivity index (χ2n) is 6.06. The van der Waals surface area contributed by atoms with E-state index < -0.39 is 0 Å².